The number of carbonyl (C=O) groups excluding carboxylic acids is 2. The Hall–Kier alpha value is -1.73. The predicted octanol–water partition coefficient (Wildman–Crippen LogP) is 1.50. The molecule has 4 N–H and O–H groups in total. The van der Waals surface area contributed by atoms with Crippen molar-refractivity contribution in [3.05, 3.63) is 24.3 Å². The number of anilines is 1. The van der Waals surface area contributed by atoms with Crippen molar-refractivity contribution in [2.75, 3.05) is 5.73 Å². The highest BCUT2D eigenvalue weighted by atomic mass is 32.2. The summed E-state index contributed by atoms with van der Waals surface area (Å²) in [6, 6.07) is 5.70. The van der Waals surface area contributed by atoms with Crippen molar-refractivity contribution in [2.24, 2.45) is 21.9 Å². The van der Waals surface area contributed by atoms with E-state index in [1.807, 2.05) is 20.8 Å². The van der Waals surface area contributed by atoms with Gasteiger partial charge in [-0.25, -0.2) is 13.6 Å². The lowest BCUT2D eigenvalue weighted by Gasteiger charge is -2.31. The molecule has 7 heteroatoms. The molecule has 2 atom stereocenters. The molecule has 23 heavy (non-hydrogen) atoms. The molecule has 126 valence electrons. The van der Waals surface area contributed by atoms with Crippen LogP contribution in [0.1, 0.15) is 33.6 Å². The van der Waals surface area contributed by atoms with E-state index in [9.17, 15) is 18.0 Å². The summed E-state index contributed by atoms with van der Waals surface area (Å²) in [7, 11) is -3.58. The number of ketones is 2. The average molecular weight is 338 g/mol. The van der Waals surface area contributed by atoms with E-state index in [2.05, 4.69) is 0 Å². The Balaban J connectivity index is 0.000000168. The summed E-state index contributed by atoms with van der Waals surface area (Å²) >= 11 is 0. The number of sulfonamides is 1. The minimum atomic E-state index is -3.58. The number of primary sulfonamides is 1. The second-order valence-corrected chi connectivity index (χ2v) is 8.51. The van der Waals surface area contributed by atoms with Gasteiger partial charge in [-0.15, -0.1) is 0 Å². The van der Waals surface area contributed by atoms with Crippen molar-refractivity contribution in [3.8, 4) is 0 Å². The zero-order chi connectivity index (χ0) is 17.6. The van der Waals surface area contributed by atoms with Gasteiger partial charge in [0, 0.05) is 17.0 Å². The maximum absolute atomic E-state index is 11.6. The molecule has 0 heterocycles. The largest absolute Gasteiger partial charge is 0.399 e. The summed E-state index contributed by atoms with van der Waals surface area (Å²) in [4.78, 5) is 23.1. The molecular formula is C16H22N2O4S. The lowest BCUT2D eigenvalue weighted by Crippen LogP contribution is -2.33. The molecule has 3 rings (SSSR count). The number of nitrogen functional groups attached to an aromatic ring is 1. The Morgan fingerprint density at radius 3 is 1.91 bits per heavy atom. The molecule has 1 aromatic rings. The van der Waals surface area contributed by atoms with Crippen LogP contribution in [0.25, 0.3) is 0 Å². The van der Waals surface area contributed by atoms with Gasteiger partial charge in [0.25, 0.3) is 0 Å². The van der Waals surface area contributed by atoms with Gasteiger partial charge in [-0.3, -0.25) is 9.59 Å². The molecule has 0 spiro atoms. The minimum absolute atomic E-state index is 0.00926. The highest BCUT2D eigenvalue weighted by Gasteiger charge is 2.66. The van der Waals surface area contributed by atoms with Crippen molar-refractivity contribution in [1.29, 1.82) is 0 Å². The Morgan fingerprint density at radius 2 is 1.61 bits per heavy atom. The zero-order valence-electron chi connectivity index (χ0n) is 13.5. The molecular weight excluding hydrogens is 316 g/mol. The number of fused-ring (bicyclic) bond motifs is 2. The summed E-state index contributed by atoms with van der Waals surface area (Å²) in [5.41, 5.74) is 5.40. The van der Waals surface area contributed by atoms with E-state index >= 15 is 0 Å². The second kappa shape index (κ2) is 5.42. The first-order valence-electron chi connectivity index (χ1n) is 7.38. The van der Waals surface area contributed by atoms with Crippen LogP contribution in [0.2, 0.25) is 0 Å². The smallest absolute Gasteiger partial charge is 0.238 e. The van der Waals surface area contributed by atoms with Gasteiger partial charge in [-0.05, 0) is 42.5 Å². The third-order valence-corrected chi connectivity index (χ3v) is 6.41. The van der Waals surface area contributed by atoms with Crippen LogP contribution in [-0.4, -0.2) is 20.0 Å². The van der Waals surface area contributed by atoms with Gasteiger partial charge in [-0.2, -0.15) is 0 Å². The molecule has 0 amide bonds. The number of hydrogen-bond acceptors (Lipinski definition) is 5. The second-order valence-electron chi connectivity index (χ2n) is 6.95. The molecule has 2 aliphatic carbocycles. The minimum Gasteiger partial charge on any atom is -0.399 e. The first-order chi connectivity index (χ1) is 10.4. The van der Waals surface area contributed by atoms with Gasteiger partial charge in [0.2, 0.25) is 21.6 Å². The van der Waals surface area contributed by atoms with E-state index in [0.717, 1.165) is 12.8 Å². The Kier molecular flexibility index (Phi) is 4.15. The number of hydrogen-bond donors (Lipinski definition) is 2. The quantitative estimate of drug-likeness (QED) is 0.594. The number of benzene rings is 1. The monoisotopic (exact) mass is 338 g/mol. The summed E-state index contributed by atoms with van der Waals surface area (Å²) in [6.45, 7) is 6.04. The molecule has 2 aliphatic rings. The summed E-state index contributed by atoms with van der Waals surface area (Å²) < 4.78 is 21.4. The molecule has 2 fully saturated rings. The lowest BCUT2D eigenvalue weighted by atomic mass is 9.70. The number of carbonyl (C=O) groups is 2. The number of nitrogens with two attached hydrogens (primary N) is 2. The third kappa shape index (κ3) is 2.79. The Morgan fingerprint density at radius 1 is 1.09 bits per heavy atom. The molecule has 2 bridgehead atoms. The molecule has 1 aromatic carbocycles. The van der Waals surface area contributed by atoms with Crippen LogP contribution in [0.4, 0.5) is 5.69 Å². The van der Waals surface area contributed by atoms with Crippen molar-refractivity contribution in [2.45, 2.75) is 38.5 Å². The summed E-state index contributed by atoms with van der Waals surface area (Å²) in [5, 5.41) is 4.84. The first-order valence-corrected chi connectivity index (χ1v) is 8.93. The Bertz CT molecular complexity index is 753. The highest BCUT2D eigenvalue weighted by Crippen LogP contribution is 2.61. The SMILES string of the molecule is CC12CCC(C(=O)C1=O)C2(C)C.Nc1ccc(S(N)(=O)=O)cc1. The van der Waals surface area contributed by atoms with E-state index in [1.165, 1.54) is 24.3 Å². The van der Waals surface area contributed by atoms with Crippen molar-refractivity contribution in [1.82, 2.24) is 0 Å². The van der Waals surface area contributed by atoms with Crippen LogP contribution >= 0.6 is 0 Å². The fourth-order valence-corrected chi connectivity index (χ4v) is 3.97. The van der Waals surface area contributed by atoms with E-state index in [4.69, 9.17) is 10.9 Å². The van der Waals surface area contributed by atoms with Crippen LogP contribution in [0.15, 0.2) is 29.2 Å². The van der Waals surface area contributed by atoms with Gasteiger partial charge < -0.3 is 5.73 Å². The molecule has 6 nitrogen and oxygen atoms in total. The van der Waals surface area contributed by atoms with Crippen molar-refractivity contribution < 1.29 is 18.0 Å². The fourth-order valence-electron chi connectivity index (χ4n) is 3.45. The standard InChI is InChI=1S/C10H14O2.C6H8N2O2S/c1-9(2)6-4-5-10(9,3)8(12)7(6)11;7-5-1-3-6(4-2-5)11(8,9)10/h6H,4-5H2,1-3H3;1-4H,7H2,(H2,8,9,10). The van der Waals surface area contributed by atoms with Crippen LogP contribution in [0.5, 0.6) is 0 Å². The molecule has 2 saturated carbocycles. The maximum Gasteiger partial charge on any atom is 0.238 e. The zero-order valence-corrected chi connectivity index (χ0v) is 14.3. The van der Waals surface area contributed by atoms with Gasteiger partial charge in [0.1, 0.15) is 0 Å². The van der Waals surface area contributed by atoms with Crippen molar-refractivity contribution in [3.63, 3.8) is 0 Å². The van der Waals surface area contributed by atoms with Crippen LogP contribution < -0.4 is 10.9 Å². The third-order valence-electron chi connectivity index (χ3n) is 5.48. The molecule has 0 aliphatic heterocycles. The lowest BCUT2D eigenvalue weighted by molar-refractivity contribution is -0.141. The average Bonchev–Trinajstić information content (AvgIpc) is 2.74. The van der Waals surface area contributed by atoms with E-state index in [-0.39, 0.29) is 33.2 Å². The number of Topliss-reactive ketones (excluding diaryl/α,β-unsaturated/α-hetero) is 2. The molecule has 2 unspecified atom stereocenters. The van der Waals surface area contributed by atoms with Crippen LogP contribution in [0.3, 0.4) is 0 Å². The van der Waals surface area contributed by atoms with Gasteiger partial charge in [-0.1, -0.05) is 20.8 Å². The van der Waals surface area contributed by atoms with Crippen molar-refractivity contribution >= 4 is 27.3 Å². The normalized spacial score (nSPS) is 28.4. The van der Waals surface area contributed by atoms with Gasteiger partial charge in [0.05, 0.1) is 4.90 Å². The van der Waals surface area contributed by atoms with Crippen LogP contribution in [-0.2, 0) is 19.6 Å². The van der Waals surface area contributed by atoms with Gasteiger partial charge >= 0.3 is 0 Å². The molecule has 0 saturated heterocycles. The Labute approximate surface area is 136 Å². The predicted molar refractivity (Wildman–Crippen MR) is 86.9 cm³/mol. The summed E-state index contributed by atoms with van der Waals surface area (Å²) in [6.07, 6.45) is 1.81. The molecule has 0 aromatic heterocycles. The topological polar surface area (TPSA) is 120 Å². The van der Waals surface area contributed by atoms with Crippen LogP contribution in [0, 0.1) is 16.7 Å². The van der Waals surface area contributed by atoms with E-state index < -0.39 is 10.0 Å². The first kappa shape index (κ1) is 17.6. The highest BCUT2D eigenvalue weighted by molar-refractivity contribution is 7.89. The maximum atomic E-state index is 11.6. The molecule has 0 radical (unpaired) electrons. The van der Waals surface area contributed by atoms with Gasteiger partial charge in [0.15, 0.2) is 0 Å². The van der Waals surface area contributed by atoms with E-state index in [0.29, 0.717) is 5.69 Å². The number of rotatable bonds is 1. The fraction of sp³-hybridized carbons (Fsp3) is 0.500. The van der Waals surface area contributed by atoms with E-state index in [1.54, 1.807) is 0 Å². The summed E-state index contributed by atoms with van der Waals surface area (Å²) in [5.74, 6) is -0.229.